The molecule has 0 aromatic carbocycles. The van der Waals surface area contributed by atoms with Crippen LogP contribution in [0.3, 0.4) is 0 Å². The Morgan fingerprint density at radius 2 is 2.00 bits per heavy atom. The summed E-state index contributed by atoms with van der Waals surface area (Å²) in [4.78, 5) is 25.9. The Morgan fingerprint density at radius 1 is 1.35 bits per heavy atom. The standard InChI is InChI=1S/C14H25N3O3/c1-10(2)12(18)17-6-3-11(4-7-17)16-13(19)14(15)5-8-20-9-14/h10-11H,3-9,15H2,1-2H3,(H,16,19). The lowest BCUT2D eigenvalue weighted by molar-refractivity contribution is -0.135. The number of piperidine rings is 1. The first-order chi connectivity index (χ1) is 9.42. The first-order valence-electron chi connectivity index (χ1n) is 7.39. The summed E-state index contributed by atoms with van der Waals surface area (Å²) < 4.78 is 5.21. The minimum absolute atomic E-state index is 0.0316. The van der Waals surface area contributed by atoms with Gasteiger partial charge in [-0.05, 0) is 19.3 Å². The van der Waals surface area contributed by atoms with Crippen LogP contribution in [0.2, 0.25) is 0 Å². The maximum Gasteiger partial charge on any atom is 0.242 e. The zero-order chi connectivity index (χ0) is 14.8. The minimum Gasteiger partial charge on any atom is -0.379 e. The summed E-state index contributed by atoms with van der Waals surface area (Å²) in [5, 5.41) is 3.01. The average Bonchev–Trinajstić information content (AvgIpc) is 2.87. The number of nitrogens with one attached hydrogen (secondary N) is 1. The van der Waals surface area contributed by atoms with Gasteiger partial charge in [-0.1, -0.05) is 13.8 Å². The van der Waals surface area contributed by atoms with E-state index in [2.05, 4.69) is 5.32 Å². The molecule has 6 heteroatoms. The number of carbonyl (C=O) groups excluding carboxylic acids is 2. The fourth-order valence-corrected chi connectivity index (χ4v) is 2.70. The molecule has 0 radical (unpaired) electrons. The summed E-state index contributed by atoms with van der Waals surface area (Å²) >= 11 is 0. The van der Waals surface area contributed by atoms with Crippen molar-refractivity contribution in [1.82, 2.24) is 10.2 Å². The van der Waals surface area contributed by atoms with Gasteiger partial charge >= 0.3 is 0 Å². The van der Waals surface area contributed by atoms with Gasteiger partial charge in [-0.2, -0.15) is 0 Å². The molecule has 2 aliphatic rings. The highest BCUT2D eigenvalue weighted by Gasteiger charge is 2.39. The van der Waals surface area contributed by atoms with Crippen LogP contribution >= 0.6 is 0 Å². The summed E-state index contributed by atoms with van der Waals surface area (Å²) in [6.07, 6.45) is 2.16. The Balaban J connectivity index is 1.80. The van der Waals surface area contributed by atoms with E-state index in [1.807, 2.05) is 18.7 Å². The largest absolute Gasteiger partial charge is 0.379 e. The second-order valence-corrected chi connectivity index (χ2v) is 6.19. The molecule has 0 saturated carbocycles. The van der Waals surface area contributed by atoms with Gasteiger partial charge in [-0.25, -0.2) is 0 Å². The Morgan fingerprint density at radius 3 is 2.50 bits per heavy atom. The van der Waals surface area contributed by atoms with Gasteiger partial charge in [0, 0.05) is 31.7 Å². The Bertz CT molecular complexity index is 370. The van der Waals surface area contributed by atoms with E-state index in [4.69, 9.17) is 10.5 Å². The van der Waals surface area contributed by atoms with Crippen molar-refractivity contribution in [2.45, 2.75) is 44.7 Å². The summed E-state index contributed by atoms with van der Waals surface area (Å²) in [5.74, 6) is 0.0991. The number of hydrogen-bond donors (Lipinski definition) is 2. The van der Waals surface area contributed by atoms with Crippen molar-refractivity contribution >= 4 is 11.8 Å². The molecule has 2 amide bonds. The first-order valence-corrected chi connectivity index (χ1v) is 7.39. The van der Waals surface area contributed by atoms with E-state index in [0.29, 0.717) is 32.7 Å². The van der Waals surface area contributed by atoms with Gasteiger partial charge in [0.1, 0.15) is 5.54 Å². The third kappa shape index (κ3) is 3.30. The summed E-state index contributed by atoms with van der Waals surface area (Å²) in [6.45, 7) is 6.07. The Kier molecular flexibility index (Phi) is 4.65. The topological polar surface area (TPSA) is 84.7 Å². The molecule has 2 rings (SSSR count). The molecule has 0 bridgehead atoms. The monoisotopic (exact) mass is 283 g/mol. The molecule has 2 fully saturated rings. The number of likely N-dealkylation sites (tertiary alicyclic amines) is 1. The normalized spacial score (nSPS) is 27.9. The maximum absolute atomic E-state index is 12.2. The highest BCUT2D eigenvalue weighted by molar-refractivity contribution is 5.86. The molecule has 2 heterocycles. The average molecular weight is 283 g/mol. The molecule has 2 saturated heterocycles. The van der Waals surface area contributed by atoms with Crippen LogP contribution in [0.4, 0.5) is 0 Å². The molecule has 114 valence electrons. The third-order valence-electron chi connectivity index (χ3n) is 4.14. The lowest BCUT2D eigenvalue weighted by atomic mass is 9.97. The van der Waals surface area contributed by atoms with Gasteiger partial charge in [0.2, 0.25) is 11.8 Å². The molecule has 3 N–H and O–H groups in total. The van der Waals surface area contributed by atoms with Crippen LogP contribution in [0, 0.1) is 5.92 Å². The number of amides is 2. The van der Waals surface area contributed by atoms with Gasteiger partial charge in [0.25, 0.3) is 0 Å². The quantitative estimate of drug-likeness (QED) is 0.755. The van der Waals surface area contributed by atoms with Crippen LogP contribution in [-0.4, -0.2) is 54.6 Å². The molecule has 1 unspecified atom stereocenters. The fourth-order valence-electron chi connectivity index (χ4n) is 2.70. The second-order valence-electron chi connectivity index (χ2n) is 6.19. The van der Waals surface area contributed by atoms with Crippen molar-refractivity contribution < 1.29 is 14.3 Å². The molecule has 1 atom stereocenters. The highest BCUT2D eigenvalue weighted by atomic mass is 16.5. The summed E-state index contributed by atoms with van der Waals surface area (Å²) in [5.41, 5.74) is 5.16. The predicted molar refractivity (Wildman–Crippen MR) is 74.9 cm³/mol. The van der Waals surface area contributed by atoms with Crippen LogP contribution in [0.1, 0.15) is 33.1 Å². The van der Waals surface area contributed by atoms with Gasteiger partial charge in [-0.3, -0.25) is 9.59 Å². The van der Waals surface area contributed by atoms with Crippen molar-refractivity contribution in [2.24, 2.45) is 11.7 Å². The smallest absolute Gasteiger partial charge is 0.242 e. The number of nitrogens with two attached hydrogens (primary N) is 1. The van der Waals surface area contributed by atoms with E-state index in [1.54, 1.807) is 0 Å². The second kappa shape index (κ2) is 6.10. The van der Waals surface area contributed by atoms with E-state index < -0.39 is 5.54 Å². The Labute approximate surface area is 120 Å². The molecular formula is C14H25N3O3. The van der Waals surface area contributed by atoms with Crippen molar-refractivity contribution in [3.63, 3.8) is 0 Å². The van der Waals surface area contributed by atoms with Crippen LogP contribution in [-0.2, 0) is 14.3 Å². The van der Waals surface area contributed by atoms with Gasteiger partial charge in [0.05, 0.1) is 6.61 Å². The van der Waals surface area contributed by atoms with Gasteiger partial charge < -0.3 is 20.7 Å². The number of hydrogen-bond acceptors (Lipinski definition) is 4. The number of rotatable bonds is 3. The van der Waals surface area contributed by atoms with E-state index >= 15 is 0 Å². The number of ether oxygens (including phenoxy) is 1. The maximum atomic E-state index is 12.2. The van der Waals surface area contributed by atoms with E-state index in [-0.39, 0.29) is 23.8 Å². The van der Waals surface area contributed by atoms with Crippen molar-refractivity contribution in [3.05, 3.63) is 0 Å². The summed E-state index contributed by atoms with van der Waals surface area (Å²) in [6, 6.07) is 0.111. The predicted octanol–water partition coefficient (Wildman–Crippen LogP) is -0.133. The minimum atomic E-state index is -0.870. The molecule has 0 spiro atoms. The fraction of sp³-hybridized carbons (Fsp3) is 0.857. The molecule has 0 aliphatic carbocycles. The molecule has 0 aromatic heterocycles. The van der Waals surface area contributed by atoms with Gasteiger partial charge in [0.15, 0.2) is 0 Å². The van der Waals surface area contributed by atoms with Crippen molar-refractivity contribution in [2.75, 3.05) is 26.3 Å². The lowest BCUT2D eigenvalue weighted by Crippen LogP contribution is -2.58. The van der Waals surface area contributed by atoms with E-state index in [1.165, 1.54) is 0 Å². The van der Waals surface area contributed by atoms with Crippen LogP contribution < -0.4 is 11.1 Å². The zero-order valence-electron chi connectivity index (χ0n) is 12.4. The number of nitrogens with zero attached hydrogens (tertiary/aromatic N) is 1. The number of carbonyl (C=O) groups is 2. The molecule has 0 aromatic rings. The van der Waals surface area contributed by atoms with Crippen LogP contribution in [0.5, 0.6) is 0 Å². The molecule has 6 nitrogen and oxygen atoms in total. The first kappa shape index (κ1) is 15.3. The Hall–Kier alpha value is -1.14. The molecule has 2 aliphatic heterocycles. The van der Waals surface area contributed by atoms with Crippen LogP contribution in [0.25, 0.3) is 0 Å². The third-order valence-corrected chi connectivity index (χ3v) is 4.14. The molecular weight excluding hydrogens is 258 g/mol. The van der Waals surface area contributed by atoms with Crippen molar-refractivity contribution in [1.29, 1.82) is 0 Å². The summed E-state index contributed by atoms with van der Waals surface area (Å²) in [7, 11) is 0. The van der Waals surface area contributed by atoms with Crippen molar-refractivity contribution in [3.8, 4) is 0 Å². The van der Waals surface area contributed by atoms with Crippen LogP contribution in [0.15, 0.2) is 0 Å². The highest BCUT2D eigenvalue weighted by Crippen LogP contribution is 2.18. The van der Waals surface area contributed by atoms with Gasteiger partial charge in [-0.15, -0.1) is 0 Å². The lowest BCUT2D eigenvalue weighted by Gasteiger charge is -2.34. The van der Waals surface area contributed by atoms with E-state index in [9.17, 15) is 9.59 Å². The molecule has 20 heavy (non-hydrogen) atoms. The zero-order valence-corrected chi connectivity index (χ0v) is 12.4. The SMILES string of the molecule is CC(C)C(=O)N1CCC(NC(=O)C2(N)CCOC2)CC1. The van der Waals surface area contributed by atoms with E-state index in [0.717, 1.165) is 12.8 Å².